The quantitative estimate of drug-likeness (QED) is 0.919. The van der Waals surface area contributed by atoms with Crippen LogP contribution in [0.5, 0.6) is 0 Å². The van der Waals surface area contributed by atoms with Crippen LogP contribution in [0.25, 0.3) is 0 Å². The first-order valence-electron chi connectivity index (χ1n) is 8.88. The zero-order valence-electron chi connectivity index (χ0n) is 13.8. The van der Waals surface area contributed by atoms with E-state index in [9.17, 15) is 8.78 Å². The third kappa shape index (κ3) is 3.27. The van der Waals surface area contributed by atoms with E-state index < -0.39 is 11.6 Å². The Balaban J connectivity index is 1.30. The van der Waals surface area contributed by atoms with Crippen LogP contribution in [-0.4, -0.2) is 44.2 Å². The van der Waals surface area contributed by atoms with E-state index in [0.29, 0.717) is 31.0 Å². The maximum Gasteiger partial charge on any atom is 0.168 e. The summed E-state index contributed by atoms with van der Waals surface area (Å²) >= 11 is 0. The third-order valence-electron chi connectivity index (χ3n) is 5.47. The van der Waals surface area contributed by atoms with Gasteiger partial charge in [0.25, 0.3) is 0 Å². The van der Waals surface area contributed by atoms with E-state index in [2.05, 4.69) is 5.32 Å². The predicted molar refractivity (Wildman–Crippen MR) is 87.0 cm³/mol. The molecule has 3 aliphatic rings. The van der Waals surface area contributed by atoms with Crippen molar-refractivity contribution in [1.82, 2.24) is 5.32 Å². The van der Waals surface area contributed by atoms with Crippen LogP contribution in [0.15, 0.2) is 18.2 Å². The van der Waals surface area contributed by atoms with Crippen molar-refractivity contribution in [3.8, 4) is 0 Å². The second-order valence-electron chi connectivity index (χ2n) is 7.08. The largest absolute Gasteiger partial charge is 0.368 e. The molecule has 1 aliphatic carbocycles. The number of nitrogens with one attached hydrogen (secondary N) is 1. The van der Waals surface area contributed by atoms with Gasteiger partial charge in [0.05, 0.1) is 18.9 Å². The van der Waals surface area contributed by atoms with E-state index in [1.54, 1.807) is 0 Å². The molecule has 0 radical (unpaired) electrons. The van der Waals surface area contributed by atoms with Crippen LogP contribution in [0.1, 0.15) is 32.1 Å². The lowest BCUT2D eigenvalue weighted by Gasteiger charge is -2.36. The molecule has 24 heavy (non-hydrogen) atoms. The standard InChI is InChI=1S/C18H24F2N2O2/c19-13-1-2-17(16(20)11-13)22-8-5-15(12-22)21-14-3-6-18(7-4-14)23-9-10-24-18/h1-2,11,14-15,21H,3-10,12H2/t15-/m0/s1. The van der Waals surface area contributed by atoms with Crippen LogP contribution in [0, 0.1) is 11.6 Å². The second kappa shape index (κ2) is 6.58. The van der Waals surface area contributed by atoms with Crippen LogP contribution in [0.3, 0.4) is 0 Å². The Hall–Kier alpha value is -1.24. The van der Waals surface area contributed by atoms with Crippen molar-refractivity contribution in [2.24, 2.45) is 0 Å². The molecule has 0 bridgehead atoms. The predicted octanol–water partition coefficient (Wildman–Crippen LogP) is 2.82. The summed E-state index contributed by atoms with van der Waals surface area (Å²) in [6, 6.07) is 4.62. The zero-order valence-corrected chi connectivity index (χ0v) is 13.8. The minimum absolute atomic E-state index is 0.322. The average molecular weight is 338 g/mol. The summed E-state index contributed by atoms with van der Waals surface area (Å²) in [7, 11) is 0. The van der Waals surface area contributed by atoms with E-state index in [1.165, 1.54) is 12.1 Å². The first-order chi connectivity index (χ1) is 11.6. The molecule has 2 aliphatic heterocycles. The van der Waals surface area contributed by atoms with Gasteiger partial charge in [0.2, 0.25) is 0 Å². The maximum absolute atomic E-state index is 13.9. The summed E-state index contributed by atoms with van der Waals surface area (Å²) in [5, 5.41) is 3.71. The Labute approximate surface area is 141 Å². The van der Waals surface area contributed by atoms with Gasteiger partial charge in [-0.1, -0.05) is 0 Å². The molecule has 4 rings (SSSR count). The number of nitrogens with zero attached hydrogens (tertiary/aromatic N) is 1. The number of halogens is 2. The first-order valence-corrected chi connectivity index (χ1v) is 8.88. The van der Waals surface area contributed by atoms with Crippen molar-refractivity contribution in [2.75, 3.05) is 31.2 Å². The van der Waals surface area contributed by atoms with Crippen LogP contribution >= 0.6 is 0 Å². The van der Waals surface area contributed by atoms with Gasteiger partial charge in [-0.25, -0.2) is 8.78 Å². The van der Waals surface area contributed by atoms with Gasteiger partial charge in [-0.15, -0.1) is 0 Å². The summed E-state index contributed by atoms with van der Waals surface area (Å²) in [5.41, 5.74) is 0.496. The lowest BCUT2D eigenvalue weighted by atomic mass is 9.89. The second-order valence-corrected chi connectivity index (χ2v) is 7.08. The van der Waals surface area contributed by atoms with Gasteiger partial charge < -0.3 is 19.7 Å². The molecule has 3 fully saturated rings. The van der Waals surface area contributed by atoms with E-state index in [4.69, 9.17) is 9.47 Å². The minimum atomic E-state index is -0.530. The molecule has 1 N–H and O–H groups in total. The van der Waals surface area contributed by atoms with Crippen LogP contribution in [0.4, 0.5) is 14.5 Å². The van der Waals surface area contributed by atoms with Crippen molar-refractivity contribution in [2.45, 2.75) is 50.0 Å². The molecule has 1 atom stereocenters. The fraction of sp³-hybridized carbons (Fsp3) is 0.667. The van der Waals surface area contributed by atoms with Gasteiger partial charge in [0.1, 0.15) is 11.6 Å². The molecule has 4 nitrogen and oxygen atoms in total. The monoisotopic (exact) mass is 338 g/mol. The molecule has 0 aromatic heterocycles. The number of rotatable bonds is 3. The SMILES string of the molecule is Fc1ccc(N2CC[C@H](NC3CCC4(CC3)OCCO4)C2)c(F)c1. The highest BCUT2D eigenvalue weighted by Crippen LogP contribution is 2.36. The number of ether oxygens (including phenoxy) is 2. The number of hydrogen-bond donors (Lipinski definition) is 1. The molecule has 0 amide bonds. The van der Waals surface area contributed by atoms with Gasteiger partial charge in [-0.05, 0) is 31.4 Å². The van der Waals surface area contributed by atoms with Crippen molar-refractivity contribution in [3.05, 3.63) is 29.8 Å². The molecule has 1 aromatic rings. The molecule has 0 unspecified atom stereocenters. The summed E-state index contributed by atoms with van der Waals surface area (Å²) < 4.78 is 38.5. The normalized spacial score (nSPS) is 27.2. The van der Waals surface area contributed by atoms with Crippen molar-refractivity contribution >= 4 is 5.69 Å². The van der Waals surface area contributed by atoms with E-state index >= 15 is 0 Å². The summed E-state index contributed by atoms with van der Waals surface area (Å²) in [6.07, 6.45) is 4.94. The van der Waals surface area contributed by atoms with Crippen molar-refractivity contribution in [1.29, 1.82) is 0 Å². The highest BCUT2D eigenvalue weighted by Gasteiger charge is 2.40. The van der Waals surface area contributed by atoms with Crippen molar-refractivity contribution in [3.63, 3.8) is 0 Å². The van der Waals surface area contributed by atoms with E-state index in [-0.39, 0.29) is 5.79 Å². The van der Waals surface area contributed by atoms with Crippen LogP contribution in [0.2, 0.25) is 0 Å². The fourth-order valence-corrected chi connectivity index (χ4v) is 4.20. The Morgan fingerprint density at radius 1 is 1.04 bits per heavy atom. The molecule has 2 saturated heterocycles. The summed E-state index contributed by atoms with van der Waals surface area (Å²) in [5.74, 6) is -1.33. The van der Waals surface area contributed by atoms with E-state index in [0.717, 1.165) is 51.3 Å². The Kier molecular flexibility index (Phi) is 4.45. The molecule has 132 valence electrons. The molecule has 1 aromatic carbocycles. The highest BCUT2D eigenvalue weighted by molar-refractivity contribution is 5.49. The fourth-order valence-electron chi connectivity index (χ4n) is 4.20. The Bertz CT molecular complexity index is 582. The smallest absolute Gasteiger partial charge is 0.168 e. The number of benzene rings is 1. The lowest BCUT2D eigenvalue weighted by Crippen LogP contribution is -2.46. The molecule has 1 saturated carbocycles. The topological polar surface area (TPSA) is 33.7 Å². The Morgan fingerprint density at radius 2 is 1.79 bits per heavy atom. The summed E-state index contributed by atoms with van der Waals surface area (Å²) in [4.78, 5) is 2.00. The van der Waals surface area contributed by atoms with Crippen LogP contribution < -0.4 is 10.2 Å². The van der Waals surface area contributed by atoms with Gasteiger partial charge in [-0.2, -0.15) is 0 Å². The average Bonchev–Trinajstić information content (AvgIpc) is 3.20. The molecular weight excluding hydrogens is 314 g/mol. The minimum Gasteiger partial charge on any atom is -0.368 e. The lowest BCUT2D eigenvalue weighted by molar-refractivity contribution is -0.179. The Morgan fingerprint density at radius 3 is 2.50 bits per heavy atom. The van der Waals surface area contributed by atoms with Crippen molar-refractivity contribution < 1.29 is 18.3 Å². The molecule has 6 heteroatoms. The van der Waals surface area contributed by atoms with Gasteiger partial charge in [0, 0.05) is 44.1 Å². The van der Waals surface area contributed by atoms with Crippen LogP contribution in [-0.2, 0) is 9.47 Å². The zero-order chi connectivity index (χ0) is 16.6. The highest BCUT2D eigenvalue weighted by atomic mass is 19.1. The van der Waals surface area contributed by atoms with Gasteiger partial charge >= 0.3 is 0 Å². The maximum atomic E-state index is 13.9. The van der Waals surface area contributed by atoms with Gasteiger partial charge in [0.15, 0.2) is 5.79 Å². The molecule has 2 heterocycles. The molecule has 1 spiro atoms. The van der Waals surface area contributed by atoms with Gasteiger partial charge in [-0.3, -0.25) is 0 Å². The van der Waals surface area contributed by atoms with E-state index in [1.807, 2.05) is 4.90 Å². The molecular formula is C18H24F2N2O2. The number of hydrogen-bond acceptors (Lipinski definition) is 4. The first kappa shape index (κ1) is 16.2. The number of anilines is 1. The summed E-state index contributed by atoms with van der Waals surface area (Å²) in [6.45, 7) is 2.97. The third-order valence-corrected chi connectivity index (χ3v) is 5.47.